The van der Waals surface area contributed by atoms with Gasteiger partial charge in [0.05, 0.1) is 19.3 Å². The third kappa shape index (κ3) is 6.32. The summed E-state index contributed by atoms with van der Waals surface area (Å²) in [4.78, 5) is 26.5. The van der Waals surface area contributed by atoms with Crippen molar-refractivity contribution >= 4 is 34.6 Å². The van der Waals surface area contributed by atoms with Crippen LogP contribution in [0, 0.1) is 12.8 Å². The number of aliphatic hydroxyl groups is 1. The van der Waals surface area contributed by atoms with Crippen LogP contribution >= 0.6 is 11.6 Å². The van der Waals surface area contributed by atoms with Crippen molar-refractivity contribution < 1.29 is 19.4 Å². The Hall–Kier alpha value is -3.69. The molecule has 1 fully saturated rings. The monoisotopic (exact) mass is 549 g/mol. The maximum Gasteiger partial charge on any atom is 0.376 e. The number of nitrogens with zero attached hydrogens (tertiary/aromatic N) is 4. The molecule has 9 nitrogen and oxygen atoms in total. The van der Waals surface area contributed by atoms with E-state index in [1.807, 2.05) is 54.0 Å². The number of hydrogen-bond donors (Lipinski definition) is 2. The molecule has 0 saturated heterocycles. The highest BCUT2D eigenvalue weighted by molar-refractivity contribution is 6.30. The van der Waals surface area contributed by atoms with Crippen molar-refractivity contribution in [2.45, 2.75) is 39.2 Å². The minimum absolute atomic E-state index is 0.0397. The second-order valence-corrected chi connectivity index (χ2v) is 10.2. The van der Waals surface area contributed by atoms with Crippen LogP contribution in [0.2, 0.25) is 5.02 Å². The van der Waals surface area contributed by atoms with Gasteiger partial charge in [-0.25, -0.2) is 19.7 Å². The van der Waals surface area contributed by atoms with E-state index in [1.54, 1.807) is 0 Å². The number of carbonyl (C=O) groups excluding carboxylic acids is 1. The minimum Gasteiger partial charge on any atom is -0.493 e. The Morgan fingerprint density at radius 1 is 1.15 bits per heavy atom. The van der Waals surface area contributed by atoms with E-state index in [9.17, 15) is 9.90 Å². The molecule has 2 aromatic heterocycles. The quantitative estimate of drug-likeness (QED) is 0.182. The normalized spacial score (nSPS) is 13.0. The molecule has 0 radical (unpaired) electrons. The number of hydrogen-bond acceptors (Lipinski definition) is 8. The summed E-state index contributed by atoms with van der Waals surface area (Å²) in [7, 11) is 1.31. The smallest absolute Gasteiger partial charge is 0.376 e. The Bertz CT molecular complexity index is 1470. The number of anilines is 1. The van der Waals surface area contributed by atoms with Crippen LogP contribution in [0.4, 0.5) is 5.82 Å². The molecule has 0 atom stereocenters. The zero-order valence-corrected chi connectivity index (χ0v) is 22.9. The summed E-state index contributed by atoms with van der Waals surface area (Å²) in [5.74, 6) is 1.86. The Kier molecular flexibility index (Phi) is 8.28. The number of imidazole rings is 1. The first kappa shape index (κ1) is 26.9. The molecule has 1 aliphatic rings. The van der Waals surface area contributed by atoms with Gasteiger partial charge in [0, 0.05) is 31.1 Å². The highest BCUT2D eigenvalue weighted by Gasteiger charge is 2.25. The number of carbonyl (C=O) groups is 1. The van der Waals surface area contributed by atoms with Gasteiger partial charge in [0.15, 0.2) is 11.5 Å². The van der Waals surface area contributed by atoms with E-state index in [-0.39, 0.29) is 12.4 Å². The van der Waals surface area contributed by atoms with E-state index < -0.39 is 5.97 Å². The van der Waals surface area contributed by atoms with Gasteiger partial charge in [-0.1, -0.05) is 48.2 Å². The summed E-state index contributed by atoms with van der Waals surface area (Å²) in [5.41, 5.74) is 3.89. The lowest BCUT2D eigenvalue weighted by Crippen LogP contribution is -2.13. The number of esters is 1. The van der Waals surface area contributed by atoms with Gasteiger partial charge in [0.25, 0.3) is 0 Å². The molecule has 0 bridgehead atoms. The number of benzene rings is 2. The number of aryl methyl sites for hydroxylation is 1. The number of rotatable bonds is 12. The number of nitrogens with one attached hydrogen (secondary N) is 1. The molecule has 2 aromatic carbocycles. The number of fused-ring (bicyclic) bond motifs is 1. The first-order chi connectivity index (χ1) is 19.0. The minimum atomic E-state index is -0.625. The van der Waals surface area contributed by atoms with E-state index in [4.69, 9.17) is 26.1 Å². The summed E-state index contributed by atoms with van der Waals surface area (Å²) < 4.78 is 13.0. The first-order valence-electron chi connectivity index (χ1n) is 13.2. The van der Waals surface area contributed by atoms with Gasteiger partial charge in [0.2, 0.25) is 5.82 Å². The molecule has 0 unspecified atom stereocenters. The second-order valence-electron chi connectivity index (χ2n) is 9.79. The summed E-state index contributed by atoms with van der Waals surface area (Å²) in [5, 5.41) is 13.4. The highest BCUT2D eigenvalue weighted by Crippen LogP contribution is 2.36. The summed E-state index contributed by atoms with van der Waals surface area (Å²) in [6.45, 7) is 3.60. The average molecular weight is 550 g/mol. The molecular weight excluding hydrogens is 518 g/mol. The van der Waals surface area contributed by atoms with Gasteiger partial charge < -0.3 is 24.5 Å². The van der Waals surface area contributed by atoms with Gasteiger partial charge in [-0.05, 0) is 49.1 Å². The summed E-state index contributed by atoms with van der Waals surface area (Å²) >= 11 is 6.16. The standard InChI is InChI=1S/C29H32ClN5O4/c1-18-4-11-23(39-15-3-14-36)22(16-18)28-34-26-24(35(28)17-20-7-9-21(30)10-8-20)25(31-13-12-19-5-6-19)32-27(33-26)29(37)38-2/h4,7-11,16,19,36H,3,5-6,12-15,17H2,1-2H3,(H,31,32,33). The molecule has 0 amide bonds. The van der Waals surface area contributed by atoms with Crippen LogP contribution in [0.15, 0.2) is 42.5 Å². The lowest BCUT2D eigenvalue weighted by molar-refractivity contribution is 0.0587. The predicted molar refractivity (Wildman–Crippen MR) is 150 cm³/mol. The fourth-order valence-electron chi connectivity index (χ4n) is 4.47. The molecule has 1 aliphatic carbocycles. The zero-order valence-electron chi connectivity index (χ0n) is 22.1. The molecule has 0 aliphatic heterocycles. The first-order valence-corrected chi connectivity index (χ1v) is 13.5. The van der Waals surface area contributed by atoms with Crippen LogP contribution < -0.4 is 10.1 Å². The van der Waals surface area contributed by atoms with E-state index in [1.165, 1.54) is 20.0 Å². The van der Waals surface area contributed by atoms with Crippen LogP contribution in [0.25, 0.3) is 22.6 Å². The molecule has 2 heterocycles. The van der Waals surface area contributed by atoms with Gasteiger partial charge in [-0.3, -0.25) is 0 Å². The van der Waals surface area contributed by atoms with Crippen LogP contribution in [0.5, 0.6) is 5.75 Å². The van der Waals surface area contributed by atoms with Gasteiger partial charge in [-0.2, -0.15) is 0 Å². The van der Waals surface area contributed by atoms with Crippen molar-refractivity contribution in [3.8, 4) is 17.1 Å². The van der Waals surface area contributed by atoms with Crippen molar-refractivity contribution in [1.82, 2.24) is 19.5 Å². The second kappa shape index (κ2) is 12.0. The van der Waals surface area contributed by atoms with Crippen molar-refractivity contribution in [2.75, 3.05) is 32.2 Å². The Morgan fingerprint density at radius 3 is 2.67 bits per heavy atom. The van der Waals surface area contributed by atoms with E-state index in [0.29, 0.717) is 53.2 Å². The predicted octanol–water partition coefficient (Wildman–Crippen LogP) is 5.26. The number of ether oxygens (including phenoxy) is 2. The Balaban J connectivity index is 1.69. The van der Waals surface area contributed by atoms with Crippen LogP contribution in [0.1, 0.15) is 47.4 Å². The van der Waals surface area contributed by atoms with Gasteiger partial charge >= 0.3 is 5.97 Å². The molecule has 39 heavy (non-hydrogen) atoms. The average Bonchev–Trinajstić information content (AvgIpc) is 3.70. The van der Waals surface area contributed by atoms with E-state index >= 15 is 0 Å². The maximum atomic E-state index is 12.5. The third-order valence-electron chi connectivity index (χ3n) is 6.70. The van der Waals surface area contributed by atoms with E-state index in [2.05, 4.69) is 15.3 Å². The third-order valence-corrected chi connectivity index (χ3v) is 6.95. The van der Waals surface area contributed by atoms with Gasteiger partial charge in [-0.15, -0.1) is 0 Å². The zero-order chi connectivity index (χ0) is 27.4. The molecule has 1 saturated carbocycles. The van der Waals surface area contributed by atoms with Crippen molar-refractivity contribution in [1.29, 1.82) is 0 Å². The lowest BCUT2D eigenvalue weighted by atomic mass is 10.1. The fourth-order valence-corrected chi connectivity index (χ4v) is 4.59. The molecule has 5 rings (SSSR count). The van der Waals surface area contributed by atoms with E-state index in [0.717, 1.165) is 35.6 Å². The maximum absolute atomic E-state index is 12.5. The number of aliphatic hydroxyl groups excluding tert-OH is 1. The Labute approximate surface area is 232 Å². The molecule has 204 valence electrons. The molecule has 4 aromatic rings. The van der Waals surface area contributed by atoms with Crippen LogP contribution in [-0.4, -0.2) is 57.5 Å². The van der Waals surface area contributed by atoms with Crippen molar-refractivity contribution in [3.63, 3.8) is 0 Å². The Morgan fingerprint density at radius 2 is 1.95 bits per heavy atom. The topological polar surface area (TPSA) is 111 Å². The SMILES string of the molecule is COC(=O)c1nc(NCCC2CC2)c2c(n1)nc(-c1cc(C)ccc1OCCCO)n2Cc1ccc(Cl)cc1. The van der Waals surface area contributed by atoms with Crippen LogP contribution in [-0.2, 0) is 11.3 Å². The lowest BCUT2D eigenvalue weighted by Gasteiger charge is -2.16. The van der Waals surface area contributed by atoms with Crippen molar-refractivity contribution in [2.24, 2.45) is 5.92 Å². The number of halogens is 1. The number of methoxy groups -OCH3 is 1. The summed E-state index contributed by atoms with van der Waals surface area (Å²) in [6, 6.07) is 13.5. The molecule has 2 N–H and O–H groups in total. The molecular formula is C29H32ClN5O4. The summed E-state index contributed by atoms with van der Waals surface area (Å²) in [6.07, 6.45) is 4.04. The van der Waals surface area contributed by atoms with Crippen molar-refractivity contribution in [3.05, 3.63) is 64.4 Å². The highest BCUT2D eigenvalue weighted by atomic mass is 35.5. The largest absolute Gasteiger partial charge is 0.493 e. The van der Waals surface area contributed by atoms with Gasteiger partial charge in [0.1, 0.15) is 17.1 Å². The molecule has 10 heteroatoms. The fraction of sp³-hybridized carbons (Fsp3) is 0.379. The van der Waals surface area contributed by atoms with Crippen LogP contribution in [0.3, 0.4) is 0 Å². The molecule has 0 spiro atoms. The number of aromatic nitrogens is 4.